The van der Waals surface area contributed by atoms with Crippen LogP contribution in [0, 0.1) is 0 Å². The van der Waals surface area contributed by atoms with E-state index in [9.17, 15) is 4.79 Å². The summed E-state index contributed by atoms with van der Waals surface area (Å²) >= 11 is 0. The summed E-state index contributed by atoms with van der Waals surface area (Å²) in [5.41, 5.74) is 3.30. The molecular formula is C16H20N4O. The molecule has 0 bridgehead atoms. The van der Waals surface area contributed by atoms with Crippen LogP contribution in [0.5, 0.6) is 0 Å². The third-order valence-electron chi connectivity index (χ3n) is 3.81. The van der Waals surface area contributed by atoms with E-state index < -0.39 is 0 Å². The molecule has 1 aliphatic heterocycles. The molecule has 0 radical (unpaired) electrons. The highest BCUT2D eigenvalue weighted by atomic mass is 16.2. The minimum Gasteiger partial charge on any atom is -0.347 e. The van der Waals surface area contributed by atoms with Gasteiger partial charge in [-0.2, -0.15) is 0 Å². The number of benzene rings is 1. The van der Waals surface area contributed by atoms with Crippen molar-refractivity contribution >= 4 is 5.91 Å². The minimum absolute atomic E-state index is 0.0888. The van der Waals surface area contributed by atoms with E-state index in [0.29, 0.717) is 6.54 Å². The maximum Gasteiger partial charge on any atom is 0.242 e. The Balaban J connectivity index is 2.06. The molecule has 2 aromatic rings. The fourth-order valence-corrected chi connectivity index (χ4v) is 2.63. The molecule has 5 heteroatoms. The van der Waals surface area contributed by atoms with Crippen LogP contribution in [0.15, 0.2) is 30.3 Å². The Labute approximate surface area is 124 Å². The summed E-state index contributed by atoms with van der Waals surface area (Å²) in [6.07, 6.45) is 0.913. The molecule has 21 heavy (non-hydrogen) atoms. The summed E-state index contributed by atoms with van der Waals surface area (Å²) in [7, 11) is 3.57. The Kier molecular flexibility index (Phi) is 3.75. The van der Waals surface area contributed by atoms with E-state index in [4.69, 9.17) is 4.98 Å². The largest absolute Gasteiger partial charge is 0.347 e. The van der Waals surface area contributed by atoms with E-state index in [-0.39, 0.29) is 5.91 Å². The highest BCUT2D eigenvalue weighted by Gasteiger charge is 2.22. The number of carbonyl (C=O) groups excluding carboxylic acids is 1. The number of amides is 1. The predicted molar refractivity (Wildman–Crippen MR) is 81.8 cm³/mol. The first-order chi connectivity index (χ1) is 10.2. The van der Waals surface area contributed by atoms with Crippen LogP contribution in [-0.2, 0) is 24.3 Å². The predicted octanol–water partition coefficient (Wildman–Crippen LogP) is 1.28. The SMILES string of the molecule is CN(C)C(=O)Cn1c(-c2ccccc2)nc2c1CCNC2. The van der Waals surface area contributed by atoms with Gasteiger partial charge >= 0.3 is 0 Å². The minimum atomic E-state index is 0.0888. The Morgan fingerprint density at radius 3 is 2.81 bits per heavy atom. The number of carbonyl (C=O) groups is 1. The lowest BCUT2D eigenvalue weighted by atomic mass is 10.2. The highest BCUT2D eigenvalue weighted by molar-refractivity contribution is 5.76. The first-order valence-corrected chi connectivity index (χ1v) is 7.21. The van der Waals surface area contributed by atoms with Crippen LogP contribution in [0.4, 0.5) is 0 Å². The fourth-order valence-electron chi connectivity index (χ4n) is 2.63. The first-order valence-electron chi connectivity index (χ1n) is 7.21. The number of nitrogens with zero attached hydrogens (tertiary/aromatic N) is 3. The zero-order valence-electron chi connectivity index (χ0n) is 12.5. The third-order valence-corrected chi connectivity index (χ3v) is 3.81. The van der Waals surface area contributed by atoms with Gasteiger partial charge in [-0.15, -0.1) is 0 Å². The molecule has 1 amide bonds. The molecule has 0 atom stereocenters. The van der Waals surface area contributed by atoms with Crippen LogP contribution in [0.25, 0.3) is 11.4 Å². The third kappa shape index (κ3) is 2.69. The molecule has 0 saturated heterocycles. The summed E-state index contributed by atoms with van der Waals surface area (Å²) in [5, 5.41) is 3.34. The van der Waals surface area contributed by atoms with Crippen molar-refractivity contribution in [1.29, 1.82) is 0 Å². The Hall–Kier alpha value is -2.14. The Bertz CT molecular complexity index is 646. The molecule has 110 valence electrons. The number of hydrogen-bond acceptors (Lipinski definition) is 3. The van der Waals surface area contributed by atoms with Crippen molar-refractivity contribution < 1.29 is 4.79 Å². The number of nitrogens with one attached hydrogen (secondary N) is 1. The molecular weight excluding hydrogens is 264 g/mol. The number of aromatic nitrogens is 2. The van der Waals surface area contributed by atoms with E-state index in [2.05, 4.69) is 9.88 Å². The van der Waals surface area contributed by atoms with Gasteiger partial charge in [0.15, 0.2) is 0 Å². The van der Waals surface area contributed by atoms with Crippen molar-refractivity contribution in [3.63, 3.8) is 0 Å². The van der Waals surface area contributed by atoms with Gasteiger partial charge in [0.25, 0.3) is 0 Å². The topological polar surface area (TPSA) is 50.2 Å². The van der Waals surface area contributed by atoms with Crippen molar-refractivity contribution in [2.45, 2.75) is 19.5 Å². The van der Waals surface area contributed by atoms with Gasteiger partial charge in [0, 0.05) is 44.9 Å². The average Bonchev–Trinajstić information content (AvgIpc) is 2.87. The van der Waals surface area contributed by atoms with Crippen molar-refractivity contribution in [2.24, 2.45) is 0 Å². The van der Waals surface area contributed by atoms with Crippen LogP contribution in [0.1, 0.15) is 11.4 Å². The highest BCUT2D eigenvalue weighted by Crippen LogP contribution is 2.24. The zero-order chi connectivity index (χ0) is 14.8. The molecule has 0 saturated carbocycles. The van der Waals surface area contributed by atoms with Gasteiger partial charge in [-0.25, -0.2) is 4.98 Å². The average molecular weight is 284 g/mol. The summed E-state index contributed by atoms with van der Waals surface area (Å²) in [4.78, 5) is 18.5. The van der Waals surface area contributed by atoms with Crippen molar-refractivity contribution in [3.8, 4) is 11.4 Å². The molecule has 1 aromatic carbocycles. The molecule has 1 aliphatic rings. The summed E-state index contributed by atoms with van der Waals surface area (Å²) < 4.78 is 2.08. The van der Waals surface area contributed by atoms with Gasteiger partial charge in [0.05, 0.1) is 5.69 Å². The molecule has 0 unspecified atom stereocenters. The smallest absolute Gasteiger partial charge is 0.242 e. The van der Waals surface area contributed by atoms with E-state index in [0.717, 1.165) is 36.6 Å². The summed E-state index contributed by atoms with van der Waals surface area (Å²) in [6, 6.07) is 10.1. The van der Waals surface area contributed by atoms with E-state index in [1.165, 1.54) is 5.69 Å². The van der Waals surface area contributed by atoms with Crippen LogP contribution < -0.4 is 5.32 Å². The van der Waals surface area contributed by atoms with E-state index >= 15 is 0 Å². The zero-order valence-corrected chi connectivity index (χ0v) is 12.5. The van der Waals surface area contributed by atoms with Crippen LogP contribution in [0.2, 0.25) is 0 Å². The lowest BCUT2D eigenvalue weighted by Crippen LogP contribution is -2.29. The number of likely N-dealkylation sites (N-methyl/N-ethyl adjacent to an activating group) is 1. The summed E-state index contributed by atoms with van der Waals surface area (Å²) in [5.74, 6) is 0.977. The maximum absolute atomic E-state index is 12.1. The number of hydrogen-bond donors (Lipinski definition) is 1. The standard InChI is InChI=1S/C16H20N4O/c1-19(2)15(21)11-20-14-8-9-17-10-13(14)18-16(20)12-6-4-3-5-7-12/h3-7,17H,8-11H2,1-2H3. The quantitative estimate of drug-likeness (QED) is 0.924. The van der Waals surface area contributed by atoms with Crippen LogP contribution >= 0.6 is 0 Å². The van der Waals surface area contributed by atoms with Gasteiger partial charge in [-0.1, -0.05) is 30.3 Å². The Morgan fingerprint density at radius 2 is 2.10 bits per heavy atom. The Morgan fingerprint density at radius 1 is 1.33 bits per heavy atom. The van der Waals surface area contributed by atoms with Crippen LogP contribution in [0.3, 0.4) is 0 Å². The van der Waals surface area contributed by atoms with E-state index in [1.54, 1.807) is 19.0 Å². The molecule has 1 N–H and O–H groups in total. The lowest BCUT2D eigenvalue weighted by molar-refractivity contribution is -0.129. The lowest BCUT2D eigenvalue weighted by Gasteiger charge is -2.18. The second kappa shape index (κ2) is 5.69. The molecule has 3 rings (SSSR count). The number of imidazole rings is 1. The van der Waals surface area contributed by atoms with E-state index in [1.807, 2.05) is 30.3 Å². The van der Waals surface area contributed by atoms with Crippen molar-refractivity contribution in [3.05, 3.63) is 41.7 Å². The van der Waals surface area contributed by atoms with Gasteiger partial charge in [0.1, 0.15) is 12.4 Å². The van der Waals surface area contributed by atoms with Crippen molar-refractivity contribution in [1.82, 2.24) is 19.8 Å². The molecule has 0 spiro atoms. The van der Waals surface area contributed by atoms with Gasteiger partial charge in [-0.05, 0) is 0 Å². The normalized spacial score (nSPS) is 13.8. The van der Waals surface area contributed by atoms with Gasteiger partial charge < -0.3 is 14.8 Å². The number of fused-ring (bicyclic) bond motifs is 1. The molecule has 5 nitrogen and oxygen atoms in total. The monoisotopic (exact) mass is 284 g/mol. The fraction of sp³-hybridized carbons (Fsp3) is 0.375. The molecule has 0 aliphatic carbocycles. The number of rotatable bonds is 3. The second-order valence-corrected chi connectivity index (χ2v) is 5.50. The molecule has 1 aromatic heterocycles. The summed E-state index contributed by atoms with van der Waals surface area (Å²) in [6.45, 7) is 2.06. The van der Waals surface area contributed by atoms with Crippen LogP contribution in [-0.4, -0.2) is 41.0 Å². The first kappa shape index (κ1) is 13.8. The molecule has 0 fully saturated rings. The molecule has 2 heterocycles. The second-order valence-electron chi connectivity index (χ2n) is 5.50. The van der Waals surface area contributed by atoms with Gasteiger partial charge in [0.2, 0.25) is 5.91 Å². The van der Waals surface area contributed by atoms with Crippen molar-refractivity contribution in [2.75, 3.05) is 20.6 Å². The van der Waals surface area contributed by atoms with Gasteiger partial charge in [-0.3, -0.25) is 4.79 Å². The maximum atomic E-state index is 12.1.